The summed E-state index contributed by atoms with van der Waals surface area (Å²) in [6, 6.07) is 12.0. The van der Waals surface area contributed by atoms with Gasteiger partial charge in [0.1, 0.15) is 11.6 Å². The summed E-state index contributed by atoms with van der Waals surface area (Å²) in [5, 5.41) is 3.32. The zero-order valence-electron chi connectivity index (χ0n) is 10.3. The van der Waals surface area contributed by atoms with Gasteiger partial charge in [-0.3, -0.25) is 0 Å². The van der Waals surface area contributed by atoms with Crippen LogP contribution in [-0.2, 0) is 0 Å². The molecular weight excluding hydrogens is 226 g/mol. The summed E-state index contributed by atoms with van der Waals surface area (Å²) in [6.45, 7) is 2.11. The standard InChI is InChI=1S/C13H17N5/c1-2-10(9-6-4-3-5-7-9)16-12-8-11(14)17-13(15)18-12/h3-8,10H,2H2,1H3,(H5,14,15,16,17,18). The number of aromatic nitrogens is 2. The highest BCUT2D eigenvalue weighted by atomic mass is 15.1. The molecule has 2 rings (SSSR count). The van der Waals surface area contributed by atoms with Crippen LogP contribution in [0.1, 0.15) is 24.9 Å². The molecule has 0 saturated carbocycles. The van der Waals surface area contributed by atoms with E-state index in [1.807, 2.05) is 18.2 Å². The summed E-state index contributed by atoms with van der Waals surface area (Å²) < 4.78 is 0. The minimum Gasteiger partial charge on any atom is -0.383 e. The van der Waals surface area contributed by atoms with Gasteiger partial charge in [-0.05, 0) is 12.0 Å². The molecule has 0 aliphatic carbocycles. The van der Waals surface area contributed by atoms with Gasteiger partial charge in [-0.25, -0.2) is 0 Å². The predicted molar refractivity (Wildman–Crippen MR) is 74.0 cm³/mol. The smallest absolute Gasteiger partial charge is 0.223 e. The van der Waals surface area contributed by atoms with Gasteiger partial charge in [0.2, 0.25) is 5.95 Å². The molecule has 5 N–H and O–H groups in total. The Balaban J connectivity index is 2.20. The van der Waals surface area contributed by atoms with Gasteiger partial charge in [-0.2, -0.15) is 9.97 Å². The van der Waals surface area contributed by atoms with Crippen molar-refractivity contribution in [3.8, 4) is 0 Å². The zero-order chi connectivity index (χ0) is 13.0. The molecule has 18 heavy (non-hydrogen) atoms. The molecule has 2 aromatic rings. The van der Waals surface area contributed by atoms with Crippen LogP contribution in [0.4, 0.5) is 17.6 Å². The zero-order valence-corrected chi connectivity index (χ0v) is 10.3. The Morgan fingerprint density at radius 3 is 2.50 bits per heavy atom. The van der Waals surface area contributed by atoms with E-state index in [0.29, 0.717) is 11.6 Å². The molecule has 5 heteroatoms. The Labute approximate surface area is 106 Å². The van der Waals surface area contributed by atoms with Crippen LogP contribution >= 0.6 is 0 Å². The summed E-state index contributed by atoms with van der Waals surface area (Å²) >= 11 is 0. The highest BCUT2D eigenvalue weighted by molar-refractivity contribution is 5.49. The molecule has 1 heterocycles. The average molecular weight is 243 g/mol. The summed E-state index contributed by atoms with van der Waals surface area (Å²) in [5.41, 5.74) is 12.4. The summed E-state index contributed by atoms with van der Waals surface area (Å²) in [7, 11) is 0. The Hall–Kier alpha value is -2.30. The maximum atomic E-state index is 5.64. The summed E-state index contributed by atoms with van der Waals surface area (Å²) in [6.07, 6.45) is 0.938. The van der Waals surface area contributed by atoms with Crippen LogP contribution < -0.4 is 16.8 Å². The van der Waals surface area contributed by atoms with E-state index in [1.54, 1.807) is 6.07 Å². The predicted octanol–water partition coefficient (Wildman–Crippen LogP) is 2.20. The number of nitrogens with zero attached hydrogens (tertiary/aromatic N) is 2. The van der Waals surface area contributed by atoms with Crippen molar-refractivity contribution in [2.75, 3.05) is 16.8 Å². The largest absolute Gasteiger partial charge is 0.383 e. The van der Waals surface area contributed by atoms with E-state index in [4.69, 9.17) is 11.5 Å². The fraction of sp³-hybridized carbons (Fsp3) is 0.231. The first kappa shape index (κ1) is 12.2. The summed E-state index contributed by atoms with van der Waals surface area (Å²) in [5.74, 6) is 1.20. The van der Waals surface area contributed by atoms with Gasteiger partial charge in [-0.1, -0.05) is 37.3 Å². The van der Waals surface area contributed by atoms with Crippen molar-refractivity contribution < 1.29 is 0 Å². The SMILES string of the molecule is CCC(Nc1cc(N)nc(N)n1)c1ccccc1. The van der Waals surface area contributed by atoms with E-state index < -0.39 is 0 Å². The van der Waals surface area contributed by atoms with E-state index >= 15 is 0 Å². The lowest BCUT2D eigenvalue weighted by Crippen LogP contribution is -2.12. The highest BCUT2D eigenvalue weighted by Crippen LogP contribution is 2.22. The van der Waals surface area contributed by atoms with Crippen molar-refractivity contribution in [2.45, 2.75) is 19.4 Å². The lowest BCUT2D eigenvalue weighted by atomic mass is 10.0. The first-order valence-corrected chi connectivity index (χ1v) is 5.90. The molecule has 0 aliphatic rings. The monoisotopic (exact) mass is 243 g/mol. The molecule has 1 unspecified atom stereocenters. The van der Waals surface area contributed by atoms with Crippen LogP contribution in [0.5, 0.6) is 0 Å². The highest BCUT2D eigenvalue weighted by Gasteiger charge is 2.10. The van der Waals surface area contributed by atoms with Crippen molar-refractivity contribution in [3.63, 3.8) is 0 Å². The number of nitrogens with one attached hydrogen (secondary N) is 1. The van der Waals surface area contributed by atoms with Crippen LogP contribution in [0.2, 0.25) is 0 Å². The molecule has 1 aromatic carbocycles. The maximum absolute atomic E-state index is 5.64. The second-order valence-corrected chi connectivity index (χ2v) is 4.05. The fourth-order valence-electron chi connectivity index (χ4n) is 1.84. The molecule has 1 atom stereocenters. The van der Waals surface area contributed by atoms with E-state index in [0.717, 1.165) is 6.42 Å². The number of hydrogen-bond donors (Lipinski definition) is 3. The number of rotatable bonds is 4. The molecule has 0 bridgehead atoms. The van der Waals surface area contributed by atoms with Gasteiger partial charge in [0, 0.05) is 6.07 Å². The van der Waals surface area contributed by atoms with Gasteiger partial charge in [0.05, 0.1) is 6.04 Å². The Morgan fingerprint density at radius 2 is 1.89 bits per heavy atom. The molecule has 94 valence electrons. The maximum Gasteiger partial charge on any atom is 0.223 e. The summed E-state index contributed by atoms with van der Waals surface area (Å²) in [4.78, 5) is 7.97. The Bertz CT molecular complexity index is 492. The molecule has 0 spiro atoms. The van der Waals surface area contributed by atoms with Crippen molar-refractivity contribution in [3.05, 3.63) is 42.0 Å². The third kappa shape index (κ3) is 2.88. The average Bonchev–Trinajstić information content (AvgIpc) is 2.36. The van der Waals surface area contributed by atoms with Gasteiger partial charge in [-0.15, -0.1) is 0 Å². The minimum absolute atomic E-state index is 0.180. The number of anilines is 3. The van der Waals surface area contributed by atoms with Gasteiger partial charge in [0.25, 0.3) is 0 Å². The van der Waals surface area contributed by atoms with Gasteiger partial charge < -0.3 is 16.8 Å². The number of nitrogens with two attached hydrogens (primary N) is 2. The molecule has 1 aromatic heterocycles. The first-order chi connectivity index (χ1) is 8.69. The van der Waals surface area contributed by atoms with Crippen molar-refractivity contribution in [1.82, 2.24) is 9.97 Å². The van der Waals surface area contributed by atoms with Crippen molar-refractivity contribution in [2.24, 2.45) is 0 Å². The van der Waals surface area contributed by atoms with E-state index in [-0.39, 0.29) is 12.0 Å². The van der Waals surface area contributed by atoms with E-state index in [2.05, 4.69) is 34.3 Å². The Morgan fingerprint density at radius 1 is 1.17 bits per heavy atom. The molecule has 0 saturated heterocycles. The molecule has 0 amide bonds. The number of hydrogen-bond acceptors (Lipinski definition) is 5. The van der Waals surface area contributed by atoms with Crippen LogP contribution in [0.15, 0.2) is 36.4 Å². The first-order valence-electron chi connectivity index (χ1n) is 5.90. The van der Waals surface area contributed by atoms with E-state index in [1.165, 1.54) is 5.56 Å². The molecular formula is C13H17N5. The number of nitrogen functional groups attached to an aromatic ring is 2. The van der Waals surface area contributed by atoms with Crippen molar-refractivity contribution in [1.29, 1.82) is 0 Å². The second kappa shape index (κ2) is 5.35. The third-order valence-electron chi connectivity index (χ3n) is 2.70. The minimum atomic E-state index is 0.180. The second-order valence-electron chi connectivity index (χ2n) is 4.05. The Kier molecular flexibility index (Phi) is 3.62. The quantitative estimate of drug-likeness (QED) is 0.766. The molecule has 0 aliphatic heterocycles. The van der Waals surface area contributed by atoms with E-state index in [9.17, 15) is 0 Å². The lowest BCUT2D eigenvalue weighted by Gasteiger charge is -2.18. The topological polar surface area (TPSA) is 89.8 Å². The lowest BCUT2D eigenvalue weighted by molar-refractivity contribution is 0.744. The van der Waals surface area contributed by atoms with Crippen LogP contribution in [0, 0.1) is 0 Å². The van der Waals surface area contributed by atoms with Crippen LogP contribution in [0.25, 0.3) is 0 Å². The number of benzene rings is 1. The molecule has 5 nitrogen and oxygen atoms in total. The van der Waals surface area contributed by atoms with Crippen molar-refractivity contribution >= 4 is 17.6 Å². The molecule has 0 radical (unpaired) electrons. The van der Waals surface area contributed by atoms with Gasteiger partial charge >= 0.3 is 0 Å². The molecule has 0 fully saturated rings. The van der Waals surface area contributed by atoms with Crippen LogP contribution in [-0.4, -0.2) is 9.97 Å². The third-order valence-corrected chi connectivity index (χ3v) is 2.70. The van der Waals surface area contributed by atoms with Crippen LogP contribution in [0.3, 0.4) is 0 Å². The fourth-order valence-corrected chi connectivity index (χ4v) is 1.84. The van der Waals surface area contributed by atoms with Gasteiger partial charge in [0.15, 0.2) is 0 Å². The normalized spacial score (nSPS) is 12.1.